The predicted octanol–water partition coefficient (Wildman–Crippen LogP) is 3.03. The van der Waals surface area contributed by atoms with Crippen molar-refractivity contribution in [3.05, 3.63) is 46.2 Å². The minimum atomic E-state index is -0.594. The number of halogens is 1. The van der Waals surface area contributed by atoms with Crippen LogP contribution in [-0.2, 0) is 10.5 Å². The van der Waals surface area contributed by atoms with E-state index in [1.807, 2.05) is 5.38 Å². The van der Waals surface area contributed by atoms with Crippen LogP contribution in [0, 0.1) is 17.1 Å². The smallest absolute Gasteiger partial charge is 0.234 e. The van der Waals surface area contributed by atoms with E-state index in [2.05, 4.69) is 10.3 Å². The Morgan fingerprint density at radius 1 is 1.55 bits per heavy atom. The summed E-state index contributed by atoms with van der Waals surface area (Å²) in [6.45, 7) is 0. The highest BCUT2D eigenvalue weighted by Gasteiger charge is 2.07. The van der Waals surface area contributed by atoms with E-state index in [-0.39, 0.29) is 17.2 Å². The molecule has 2 rings (SSSR count). The zero-order valence-corrected chi connectivity index (χ0v) is 11.9. The third kappa shape index (κ3) is 4.05. The van der Waals surface area contributed by atoms with Crippen molar-refractivity contribution < 1.29 is 9.18 Å². The van der Waals surface area contributed by atoms with Crippen LogP contribution >= 0.6 is 23.1 Å². The van der Waals surface area contributed by atoms with Crippen molar-refractivity contribution in [1.82, 2.24) is 4.98 Å². The molecule has 1 aromatic heterocycles. The summed E-state index contributed by atoms with van der Waals surface area (Å²) in [6, 6.07) is 5.64. The molecule has 0 aliphatic carbocycles. The molecule has 0 radical (unpaired) electrons. The Labute approximate surface area is 123 Å². The number of nitriles is 1. The van der Waals surface area contributed by atoms with E-state index in [0.717, 1.165) is 11.8 Å². The molecule has 0 fully saturated rings. The lowest BCUT2D eigenvalue weighted by atomic mass is 10.2. The predicted molar refractivity (Wildman–Crippen MR) is 78.0 cm³/mol. The minimum absolute atomic E-state index is 0.0853. The maximum absolute atomic E-state index is 13.1. The number of aromatic nitrogens is 1. The number of thiazole rings is 1. The van der Waals surface area contributed by atoms with Gasteiger partial charge in [0.2, 0.25) is 5.91 Å². The first-order valence-corrected chi connectivity index (χ1v) is 7.73. The van der Waals surface area contributed by atoms with E-state index in [1.165, 1.54) is 35.2 Å². The summed E-state index contributed by atoms with van der Waals surface area (Å²) in [4.78, 5) is 15.8. The van der Waals surface area contributed by atoms with Gasteiger partial charge in [-0.3, -0.25) is 4.79 Å². The van der Waals surface area contributed by atoms with Crippen LogP contribution in [0.4, 0.5) is 10.1 Å². The topological polar surface area (TPSA) is 65.8 Å². The third-order valence-corrected chi connectivity index (χ3v) is 3.94. The molecule has 0 atom stereocenters. The van der Waals surface area contributed by atoms with E-state index >= 15 is 0 Å². The molecule has 20 heavy (non-hydrogen) atoms. The van der Waals surface area contributed by atoms with Crippen molar-refractivity contribution in [2.75, 3.05) is 11.1 Å². The number of amides is 1. The molecule has 1 amide bonds. The molecule has 1 heterocycles. The molecular formula is C13H10FN3OS2. The fraction of sp³-hybridized carbons (Fsp3) is 0.154. The molecule has 1 aromatic carbocycles. The molecule has 102 valence electrons. The van der Waals surface area contributed by atoms with Crippen LogP contribution in [0.15, 0.2) is 29.1 Å². The van der Waals surface area contributed by atoms with Gasteiger partial charge in [0.05, 0.1) is 22.5 Å². The normalized spacial score (nSPS) is 10.0. The molecule has 0 saturated heterocycles. The van der Waals surface area contributed by atoms with Crippen LogP contribution in [-0.4, -0.2) is 16.6 Å². The van der Waals surface area contributed by atoms with Gasteiger partial charge in [-0.25, -0.2) is 9.37 Å². The van der Waals surface area contributed by atoms with Crippen molar-refractivity contribution in [2.24, 2.45) is 0 Å². The Morgan fingerprint density at radius 2 is 2.40 bits per heavy atom. The minimum Gasteiger partial charge on any atom is -0.325 e. The van der Waals surface area contributed by atoms with Crippen LogP contribution in [0.5, 0.6) is 0 Å². The van der Waals surface area contributed by atoms with Crippen LogP contribution in [0.1, 0.15) is 11.3 Å². The van der Waals surface area contributed by atoms with Crippen molar-refractivity contribution in [3.8, 4) is 6.07 Å². The number of carbonyl (C=O) groups is 1. The molecule has 0 unspecified atom stereocenters. The lowest BCUT2D eigenvalue weighted by Crippen LogP contribution is -2.14. The van der Waals surface area contributed by atoms with Crippen LogP contribution in [0.2, 0.25) is 0 Å². The highest BCUT2D eigenvalue weighted by Crippen LogP contribution is 2.16. The van der Waals surface area contributed by atoms with Gasteiger partial charge in [0, 0.05) is 16.8 Å². The number of carbonyl (C=O) groups excluding carboxylic acids is 1. The molecule has 0 aliphatic rings. The maximum Gasteiger partial charge on any atom is 0.234 e. The molecule has 2 aromatic rings. The molecule has 0 spiro atoms. The standard InChI is InChI=1S/C13H10FN3OS2/c14-12-2-1-10(3-9(12)4-15)17-13(18)7-19-5-11-6-20-8-16-11/h1-3,6,8H,5,7H2,(H,17,18). The molecule has 0 aliphatic heterocycles. The lowest BCUT2D eigenvalue weighted by molar-refractivity contribution is -0.113. The SMILES string of the molecule is N#Cc1cc(NC(=O)CSCc2cscn2)ccc1F. The quantitative estimate of drug-likeness (QED) is 0.922. The second-order valence-electron chi connectivity index (χ2n) is 3.83. The number of nitrogens with one attached hydrogen (secondary N) is 1. The molecular weight excluding hydrogens is 297 g/mol. The van der Waals surface area contributed by atoms with Crippen molar-refractivity contribution in [1.29, 1.82) is 5.26 Å². The van der Waals surface area contributed by atoms with E-state index in [0.29, 0.717) is 11.4 Å². The first-order valence-electron chi connectivity index (χ1n) is 5.63. The van der Waals surface area contributed by atoms with Crippen molar-refractivity contribution in [3.63, 3.8) is 0 Å². The molecule has 0 saturated carbocycles. The zero-order valence-electron chi connectivity index (χ0n) is 10.3. The highest BCUT2D eigenvalue weighted by molar-refractivity contribution is 7.99. The van der Waals surface area contributed by atoms with E-state index in [9.17, 15) is 9.18 Å². The van der Waals surface area contributed by atoms with Gasteiger partial charge >= 0.3 is 0 Å². The lowest BCUT2D eigenvalue weighted by Gasteiger charge is -2.05. The number of rotatable bonds is 5. The fourth-order valence-electron chi connectivity index (χ4n) is 1.44. The fourth-order valence-corrected chi connectivity index (χ4v) is 2.83. The second kappa shape index (κ2) is 7.03. The molecule has 7 heteroatoms. The van der Waals surface area contributed by atoms with Gasteiger partial charge in [0.1, 0.15) is 11.9 Å². The van der Waals surface area contributed by atoms with Crippen molar-refractivity contribution in [2.45, 2.75) is 5.75 Å². The Bertz CT molecular complexity index is 638. The van der Waals surface area contributed by atoms with Gasteiger partial charge in [0.25, 0.3) is 0 Å². The Hall–Kier alpha value is -1.91. The monoisotopic (exact) mass is 307 g/mol. The maximum atomic E-state index is 13.1. The van der Waals surface area contributed by atoms with Crippen molar-refractivity contribution >= 4 is 34.7 Å². The summed E-state index contributed by atoms with van der Waals surface area (Å²) in [7, 11) is 0. The summed E-state index contributed by atoms with van der Waals surface area (Å²) < 4.78 is 13.1. The first-order chi connectivity index (χ1) is 9.69. The summed E-state index contributed by atoms with van der Waals surface area (Å²) in [5.41, 5.74) is 3.03. The third-order valence-electron chi connectivity index (χ3n) is 2.34. The van der Waals surface area contributed by atoms with Gasteiger partial charge in [-0.05, 0) is 18.2 Å². The average molecular weight is 307 g/mol. The van der Waals surface area contributed by atoms with Gasteiger partial charge in [-0.1, -0.05) is 0 Å². The molecule has 1 N–H and O–H groups in total. The average Bonchev–Trinajstić information content (AvgIpc) is 2.94. The molecule has 4 nitrogen and oxygen atoms in total. The van der Waals surface area contributed by atoms with Crippen LogP contribution in [0.3, 0.4) is 0 Å². The largest absolute Gasteiger partial charge is 0.325 e. The van der Waals surface area contributed by atoms with Gasteiger partial charge in [0.15, 0.2) is 0 Å². The van der Waals surface area contributed by atoms with Gasteiger partial charge in [-0.2, -0.15) is 5.26 Å². The summed E-state index contributed by atoms with van der Waals surface area (Å²) in [5.74, 6) is 0.157. The zero-order chi connectivity index (χ0) is 14.4. The Kier molecular flexibility index (Phi) is 5.09. The number of thioether (sulfide) groups is 1. The summed E-state index contributed by atoms with van der Waals surface area (Å²) >= 11 is 2.96. The second-order valence-corrected chi connectivity index (χ2v) is 5.53. The first kappa shape index (κ1) is 14.5. The number of nitrogens with zero attached hydrogens (tertiary/aromatic N) is 2. The van der Waals surface area contributed by atoms with Gasteiger partial charge in [-0.15, -0.1) is 23.1 Å². The Morgan fingerprint density at radius 3 is 3.10 bits per heavy atom. The number of hydrogen-bond donors (Lipinski definition) is 1. The summed E-state index contributed by atoms with van der Waals surface area (Å²) in [5, 5.41) is 13.3. The number of benzene rings is 1. The van der Waals surface area contributed by atoms with Gasteiger partial charge < -0.3 is 5.32 Å². The number of hydrogen-bond acceptors (Lipinski definition) is 5. The van der Waals surface area contributed by atoms with Crippen LogP contribution < -0.4 is 5.32 Å². The summed E-state index contributed by atoms with van der Waals surface area (Å²) in [6.07, 6.45) is 0. The van der Waals surface area contributed by atoms with E-state index < -0.39 is 5.82 Å². The highest BCUT2D eigenvalue weighted by atomic mass is 32.2. The van der Waals surface area contributed by atoms with E-state index in [4.69, 9.17) is 5.26 Å². The molecule has 0 bridgehead atoms. The van der Waals surface area contributed by atoms with Crippen LogP contribution in [0.25, 0.3) is 0 Å². The Balaban J connectivity index is 1.84. The number of anilines is 1. The van der Waals surface area contributed by atoms with E-state index in [1.54, 1.807) is 11.6 Å².